The molecule has 2 aliphatic rings. The van der Waals surface area contributed by atoms with Gasteiger partial charge >= 0.3 is 0 Å². The standard InChI is InChI=1S/C56H53NO/c1-53(2,3)36-30-45-43-28-27-42-44-32-38(25-29-47(44)56(9,10)50(42)52(43)58-51(45)49(31-36)54(4,5)6)57(37-22-20-35(21-23-37)34-16-12-11-13-17-34)39-24-26-41-40-18-14-15-19-46(40)55(7,8)48(41)33-39/h11-33H,1-10H3. The molecular formula is C56H53NO. The number of hydrogen-bond donors (Lipinski definition) is 0. The normalized spacial score (nSPS) is 15.0. The fraction of sp³-hybridized carbons (Fsp3) is 0.250. The molecule has 2 nitrogen and oxygen atoms in total. The number of fused-ring (bicyclic) bond motifs is 10. The third-order valence-corrected chi connectivity index (χ3v) is 13.3. The third kappa shape index (κ3) is 5.37. The molecule has 0 unspecified atom stereocenters. The van der Waals surface area contributed by atoms with Gasteiger partial charge in [0, 0.05) is 49.8 Å². The molecule has 10 rings (SSSR count). The first-order valence-corrected chi connectivity index (χ1v) is 20.9. The third-order valence-electron chi connectivity index (χ3n) is 13.3. The number of hydrogen-bond acceptors (Lipinski definition) is 2. The number of furan rings is 1. The van der Waals surface area contributed by atoms with Gasteiger partial charge in [0.05, 0.1) is 0 Å². The molecule has 0 atom stereocenters. The smallest absolute Gasteiger partial charge is 0.140 e. The van der Waals surface area contributed by atoms with Gasteiger partial charge in [0.2, 0.25) is 0 Å². The quantitative estimate of drug-likeness (QED) is 0.178. The highest BCUT2D eigenvalue weighted by atomic mass is 16.3. The van der Waals surface area contributed by atoms with Crippen molar-refractivity contribution in [2.24, 2.45) is 0 Å². The Kier molecular flexibility index (Phi) is 7.75. The van der Waals surface area contributed by atoms with Gasteiger partial charge in [-0.15, -0.1) is 0 Å². The van der Waals surface area contributed by atoms with Crippen molar-refractivity contribution in [2.45, 2.75) is 90.9 Å². The van der Waals surface area contributed by atoms with Crippen molar-refractivity contribution in [3.05, 3.63) is 173 Å². The van der Waals surface area contributed by atoms with Crippen molar-refractivity contribution in [1.29, 1.82) is 0 Å². The van der Waals surface area contributed by atoms with E-state index in [-0.39, 0.29) is 21.7 Å². The predicted octanol–water partition coefficient (Wildman–Crippen LogP) is 15.9. The topological polar surface area (TPSA) is 16.4 Å². The maximum Gasteiger partial charge on any atom is 0.140 e. The molecule has 58 heavy (non-hydrogen) atoms. The first-order valence-electron chi connectivity index (χ1n) is 20.9. The van der Waals surface area contributed by atoms with E-state index in [0.29, 0.717) is 0 Å². The minimum absolute atomic E-state index is 0.0206. The molecule has 7 aromatic carbocycles. The van der Waals surface area contributed by atoms with Crippen LogP contribution in [0.2, 0.25) is 0 Å². The lowest BCUT2D eigenvalue weighted by Gasteiger charge is -2.29. The van der Waals surface area contributed by atoms with Crippen LogP contribution in [0.5, 0.6) is 0 Å². The summed E-state index contributed by atoms with van der Waals surface area (Å²) in [5, 5.41) is 2.42. The molecular weight excluding hydrogens is 703 g/mol. The Morgan fingerprint density at radius 3 is 1.76 bits per heavy atom. The minimum atomic E-state index is -0.253. The summed E-state index contributed by atoms with van der Waals surface area (Å²) in [4.78, 5) is 2.45. The van der Waals surface area contributed by atoms with Crippen molar-refractivity contribution in [2.75, 3.05) is 4.90 Å². The fourth-order valence-corrected chi connectivity index (χ4v) is 10.1. The minimum Gasteiger partial charge on any atom is -0.455 e. The van der Waals surface area contributed by atoms with E-state index in [1.54, 1.807) is 0 Å². The molecule has 0 saturated carbocycles. The summed E-state index contributed by atoms with van der Waals surface area (Å²) >= 11 is 0. The first kappa shape index (κ1) is 36.5. The van der Waals surface area contributed by atoms with Crippen LogP contribution in [-0.4, -0.2) is 0 Å². The van der Waals surface area contributed by atoms with Crippen LogP contribution in [0.15, 0.2) is 144 Å². The molecule has 0 spiro atoms. The molecule has 1 aromatic heterocycles. The SMILES string of the molecule is CC(C)(C)c1cc(C(C)(C)C)c2oc3c4c(ccc3c2c1)-c1cc(N(c2ccc(-c3ccccc3)cc2)c2ccc3c(c2)C(C)(C)c2ccccc2-3)ccc1C4(C)C. The zero-order valence-electron chi connectivity index (χ0n) is 35.6. The first-order chi connectivity index (χ1) is 27.5. The van der Waals surface area contributed by atoms with E-state index >= 15 is 0 Å². The molecule has 288 valence electrons. The van der Waals surface area contributed by atoms with Crippen LogP contribution >= 0.6 is 0 Å². The molecule has 0 saturated heterocycles. The summed E-state index contributed by atoms with van der Waals surface area (Å²) in [6, 6.07) is 52.3. The van der Waals surface area contributed by atoms with Gasteiger partial charge in [-0.2, -0.15) is 0 Å². The van der Waals surface area contributed by atoms with Gasteiger partial charge in [-0.25, -0.2) is 0 Å². The van der Waals surface area contributed by atoms with E-state index in [4.69, 9.17) is 4.42 Å². The average Bonchev–Trinajstić information content (AvgIpc) is 3.77. The monoisotopic (exact) mass is 755 g/mol. The number of benzene rings is 7. The van der Waals surface area contributed by atoms with Crippen LogP contribution in [0.3, 0.4) is 0 Å². The highest BCUT2D eigenvalue weighted by molar-refractivity contribution is 6.10. The Morgan fingerprint density at radius 2 is 1.03 bits per heavy atom. The Balaban J connectivity index is 1.16. The predicted molar refractivity (Wildman–Crippen MR) is 246 cm³/mol. The second-order valence-corrected chi connectivity index (χ2v) is 19.9. The van der Waals surface area contributed by atoms with Crippen LogP contribution in [0, 0.1) is 0 Å². The molecule has 0 amide bonds. The molecule has 0 N–H and O–H groups in total. The van der Waals surface area contributed by atoms with E-state index in [0.717, 1.165) is 28.2 Å². The van der Waals surface area contributed by atoms with Crippen molar-refractivity contribution < 1.29 is 4.42 Å². The molecule has 0 fully saturated rings. The van der Waals surface area contributed by atoms with Crippen molar-refractivity contribution in [1.82, 2.24) is 0 Å². The van der Waals surface area contributed by atoms with Crippen LogP contribution in [-0.2, 0) is 21.7 Å². The van der Waals surface area contributed by atoms with Gasteiger partial charge in [0.1, 0.15) is 11.2 Å². The number of anilines is 3. The highest BCUT2D eigenvalue weighted by Gasteiger charge is 2.40. The van der Waals surface area contributed by atoms with Gasteiger partial charge in [-0.1, -0.05) is 160 Å². The molecule has 2 heteroatoms. The van der Waals surface area contributed by atoms with Crippen molar-refractivity contribution in [3.8, 4) is 33.4 Å². The van der Waals surface area contributed by atoms with Gasteiger partial charge in [0.15, 0.2) is 0 Å². The molecule has 1 heterocycles. The number of rotatable bonds is 4. The van der Waals surface area contributed by atoms with E-state index in [1.807, 2.05) is 0 Å². The second kappa shape index (κ2) is 12.3. The lowest BCUT2D eigenvalue weighted by molar-refractivity contribution is 0.556. The van der Waals surface area contributed by atoms with Crippen molar-refractivity contribution >= 4 is 39.0 Å². The Labute approximate surface area is 344 Å². The zero-order chi connectivity index (χ0) is 40.5. The average molecular weight is 756 g/mol. The largest absolute Gasteiger partial charge is 0.455 e. The lowest BCUT2D eigenvalue weighted by Crippen LogP contribution is -2.17. The summed E-state index contributed by atoms with van der Waals surface area (Å²) in [6.45, 7) is 23.3. The summed E-state index contributed by atoms with van der Waals surface area (Å²) in [5.74, 6) is 0. The van der Waals surface area contributed by atoms with Crippen LogP contribution in [0.1, 0.15) is 103 Å². The van der Waals surface area contributed by atoms with E-state index in [9.17, 15) is 0 Å². The maximum atomic E-state index is 7.13. The van der Waals surface area contributed by atoms with Crippen LogP contribution in [0.4, 0.5) is 17.1 Å². The van der Waals surface area contributed by atoms with Gasteiger partial charge < -0.3 is 9.32 Å². The van der Waals surface area contributed by atoms with Gasteiger partial charge in [-0.05, 0) is 115 Å². The van der Waals surface area contributed by atoms with E-state index in [2.05, 4.69) is 214 Å². The highest BCUT2D eigenvalue weighted by Crippen LogP contribution is 2.56. The summed E-state index contributed by atoms with van der Waals surface area (Å²) < 4.78 is 7.13. The van der Waals surface area contributed by atoms with Crippen LogP contribution < -0.4 is 4.90 Å². The van der Waals surface area contributed by atoms with E-state index in [1.165, 1.54) is 77.5 Å². The van der Waals surface area contributed by atoms with Gasteiger partial charge in [-0.3, -0.25) is 0 Å². The van der Waals surface area contributed by atoms with E-state index < -0.39 is 0 Å². The zero-order valence-corrected chi connectivity index (χ0v) is 35.6. The Hall–Kier alpha value is -5.86. The lowest BCUT2D eigenvalue weighted by atomic mass is 9.79. The Bertz CT molecular complexity index is 2940. The molecule has 0 aliphatic heterocycles. The fourth-order valence-electron chi connectivity index (χ4n) is 10.1. The summed E-state index contributed by atoms with van der Waals surface area (Å²) in [7, 11) is 0. The Morgan fingerprint density at radius 1 is 0.431 bits per heavy atom. The molecule has 2 aliphatic carbocycles. The summed E-state index contributed by atoms with van der Waals surface area (Å²) in [5.41, 5.74) is 20.6. The molecule has 8 aromatic rings. The maximum absolute atomic E-state index is 7.13. The van der Waals surface area contributed by atoms with Crippen LogP contribution in [0.25, 0.3) is 55.3 Å². The second-order valence-electron chi connectivity index (χ2n) is 19.9. The molecule has 0 bridgehead atoms. The van der Waals surface area contributed by atoms with Crippen molar-refractivity contribution in [3.63, 3.8) is 0 Å². The summed E-state index contributed by atoms with van der Waals surface area (Å²) in [6.07, 6.45) is 0. The molecule has 0 radical (unpaired) electrons. The number of nitrogens with zero attached hydrogens (tertiary/aromatic N) is 1. The van der Waals surface area contributed by atoms with Gasteiger partial charge in [0.25, 0.3) is 0 Å².